The average Bonchev–Trinajstić information content (AvgIpc) is 3.04. The highest BCUT2D eigenvalue weighted by Gasteiger charge is 2.26. The standard InChI is InChI=1S/C16H14N4O/c1-2-20-14-9-13-12(7-10(14)8-15(20)21)18-16(19-13)11-5-3-4-6-17-11/h3-7,9H,2,8H2,1H3,(H,18,19). The predicted molar refractivity (Wildman–Crippen MR) is 81.1 cm³/mol. The maximum absolute atomic E-state index is 11.9. The van der Waals surface area contributed by atoms with Gasteiger partial charge in [-0.15, -0.1) is 0 Å². The second kappa shape index (κ2) is 4.41. The Labute approximate surface area is 121 Å². The van der Waals surface area contributed by atoms with Crippen molar-refractivity contribution in [3.63, 3.8) is 0 Å². The van der Waals surface area contributed by atoms with E-state index in [0.717, 1.165) is 33.8 Å². The first-order valence-electron chi connectivity index (χ1n) is 7.00. The smallest absolute Gasteiger partial charge is 0.231 e. The van der Waals surface area contributed by atoms with Gasteiger partial charge in [-0.3, -0.25) is 9.78 Å². The first-order valence-corrected chi connectivity index (χ1v) is 7.00. The molecular weight excluding hydrogens is 264 g/mol. The molecule has 0 bridgehead atoms. The molecule has 0 aliphatic carbocycles. The number of amides is 1. The number of hydrogen-bond acceptors (Lipinski definition) is 3. The van der Waals surface area contributed by atoms with E-state index in [1.54, 1.807) is 6.20 Å². The molecule has 3 heterocycles. The average molecular weight is 278 g/mol. The third-order valence-corrected chi connectivity index (χ3v) is 3.84. The number of aromatic amines is 1. The van der Waals surface area contributed by atoms with Crippen LogP contribution in [-0.2, 0) is 11.2 Å². The summed E-state index contributed by atoms with van der Waals surface area (Å²) in [6.45, 7) is 2.68. The van der Waals surface area contributed by atoms with Crippen LogP contribution in [0.1, 0.15) is 12.5 Å². The fourth-order valence-electron chi connectivity index (χ4n) is 2.85. The number of carbonyl (C=O) groups is 1. The van der Waals surface area contributed by atoms with E-state index in [4.69, 9.17) is 0 Å². The van der Waals surface area contributed by atoms with Gasteiger partial charge in [-0.1, -0.05) is 6.07 Å². The van der Waals surface area contributed by atoms with Gasteiger partial charge in [0, 0.05) is 18.4 Å². The molecule has 2 aromatic heterocycles. The molecule has 0 radical (unpaired) electrons. The quantitative estimate of drug-likeness (QED) is 0.783. The molecule has 0 saturated heterocycles. The van der Waals surface area contributed by atoms with Gasteiger partial charge in [0.25, 0.3) is 0 Å². The van der Waals surface area contributed by atoms with Crippen LogP contribution in [0.5, 0.6) is 0 Å². The number of nitrogens with one attached hydrogen (secondary N) is 1. The number of nitrogens with zero attached hydrogens (tertiary/aromatic N) is 3. The summed E-state index contributed by atoms with van der Waals surface area (Å²) >= 11 is 0. The Balaban J connectivity index is 1.86. The summed E-state index contributed by atoms with van der Waals surface area (Å²) in [5.74, 6) is 0.911. The van der Waals surface area contributed by atoms with Gasteiger partial charge in [0.2, 0.25) is 5.91 Å². The SMILES string of the molecule is CCN1C(=O)Cc2cc3[nH]c(-c4ccccn4)nc3cc21. The number of rotatable bonds is 2. The number of H-pyrrole nitrogens is 1. The van der Waals surface area contributed by atoms with E-state index >= 15 is 0 Å². The molecule has 1 aliphatic rings. The minimum absolute atomic E-state index is 0.158. The lowest BCUT2D eigenvalue weighted by Crippen LogP contribution is -2.25. The van der Waals surface area contributed by atoms with E-state index < -0.39 is 0 Å². The van der Waals surface area contributed by atoms with Crippen LogP contribution in [0.15, 0.2) is 36.5 Å². The Bertz CT molecular complexity index is 838. The number of hydrogen-bond donors (Lipinski definition) is 1. The van der Waals surface area contributed by atoms with Gasteiger partial charge in [-0.2, -0.15) is 0 Å². The van der Waals surface area contributed by atoms with Crippen LogP contribution in [0.4, 0.5) is 5.69 Å². The Kier molecular flexibility index (Phi) is 2.54. The molecule has 5 nitrogen and oxygen atoms in total. The maximum atomic E-state index is 11.9. The highest BCUT2D eigenvalue weighted by molar-refractivity contribution is 6.04. The molecule has 1 aromatic carbocycles. The molecule has 0 atom stereocenters. The van der Waals surface area contributed by atoms with Crippen LogP contribution in [0.25, 0.3) is 22.6 Å². The predicted octanol–water partition coefficient (Wildman–Crippen LogP) is 2.53. The van der Waals surface area contributed by atoms with Crippen molar-refractivity contribution in [2.24, 2.45) is 0 Å². The number of benzene rings is 1. The summed E-state index contributed by atoms with van der Waals surface area (Å²) in [6.07, 6.45) is 2.22. The molecule has 1 amide bonds. The lowest BCUT2D eigenvalue weighted by Gasteiger charge is -2.13. The van der Waals surface area contributed by atoms with Crippen molar-refractivity contribution in [3.05, 3.63) is 42.1 Å². The van der Waals surface area contributed by atoms with Crippen LogP contribution in [0, 0.1) is 0 Å². The molecule has 0 saturated carbocycles. The molecule has 4 rings (SSSR count). The number of carbonyl (C=O) groups excluding carboxylic acids is 1. The van der Waals surface area contributed by atoms with Crippen molar-refractivity contribution >= 4 is 22.6 Å². The Morgan fingerprint density at radius 3 is 3.00 bits per heavy atom. The zero-order chi connectivity index (χ0) is 14.4. The highest BCUT2D eigenvalue weighted by atomic mass is 16.2. The van der Waals surface area contributed by atoms with Gasteiger partial charge in [-0.05, 0) is 36.8 Å². The number of aromatic nitrogens is 3. The summed E-state index contributed by atoms with van der Waals surface area (Å²) in [5.41, 5.74) is 4.67. The monoisotopic (exact) mass is 278 g/mol. The lowest BCUT2D eigenvalue weighted by atomic mass is 10.1. The Morgan fingerprint density at radius 1 is 1.33 bits per heavy atom. The first kappa shape index (κ1) is 12.1. The third-order valence-electron chi connectivity index (χ3n) is 3.84. The van der Waals surface area contributed by atoms with Gasteiger partial charge < -0.3 is 9.88 Å². The van der Waals surface area contributed by atoms with E-state index in [1.165, 1.54) is 0 Å². The summed E-state index contributed by atoms with van der Waals surface area (Å²) in [5, 5.41) is 0. The van der Waals surface area contributed by atoms with Crippen LogP contribution in [0.3, 0.4) is 0 Å². The summed E-state index contributed by atoms with van der Waals surface area (Å²) in [6, 6.07) is 9.76. The number of pyridine rings is 1. The summed E-state index contributed by atoms with van der Waals surface area (Å²) < 4.78 is 0. The first-order chi connectivity index (χ1) is 10.3. The molecular formula is C16H14N4O. The highest BCUT2D eigenvalue weighted by Crippen LogP contribution is 2.33. The van der Waals surface area contributed by atoms with Crippen molar-refractivity contribution in [2.45, 2.75) is 13.3 Å². The molecule has 0 fully saturated rings. The molecule has 1 N–H and O–H groups in total. The number of fused-ring (bicyclic) bond motifs is 2. The van der Waals surface area contributed by atoms with Gasteiger partial charge in [0.05, 0.1) is 17.5 Å². The van der Waals surface area contributed by atoms with Crippen LogP contribution < -0.4 is 4.90 Å². The molecule has 21 heavy (non-hydrogen) atoms. The van der Waals surface area contributed by atoms with Crippen molar-refractivity contribution in [2.75, 3.05) is 11.4 Å². The summed E-state index contributed by atoms with van der Waals surface area (Å²) in [4.78, 5) is 25.9. The lowest BCUT2D eigenvalue weighted by molar-refractivity contribution is -0.117. The Morgan fingerprint density at radius 2 is 2.24 bits per heavy atom. The Hall–Kier alpha value is -2.69. The molecule has 1 aliphatic heterocycles. The van der Waals surface area contributed by atoms with Crippen molar-refractivity contribution in [1.29, 1.82) is 0 Å². The molecule has 0 unspecified atom stereocenters. The van der Waals surface area contributed by atoms with E-state index in [9.17, 15) is 4.79 Å². The minimum atomic E-state index is 0.158. The van der Waals surface area contributed by atoms with Gasteiger partial charge in [0.1, 0.15) is 5.69 Å². The largest absolute Gasteiger partial charge is 0.337 e. The van der Waals surface area contributed by atoms with Gasteiger partial charge in [-0.25, -0.2) is 4.98 Å². The third kappa shape index (κ3) is 1.81. The van der Waals surface area contributed by atoms with Crippen LogP contribution >= 0.6 is 0 Å². The molecule has 104 valence electrons. The molecule has 3 aromatic rings. The summed E-state index contributed by atoms with van der Waals surface area (Å²) in [7, 11) is 0. The van der Waals surface area contributed by atoms with E-state index in [-0.39, 0.29) is 5.91 Å². The maximum Gasteiger partial charge on any atom is 0.231 e. The van der Waals surface area contributed by atoms with Crippen LogP contribution in [0.2, 0.25) is 0 Å². The van der Waals surface area contributed by atoms with Crippen LogP contribution in [-0.4, -0.2) is 27.4 Å². The molecule has 0 spiro atoms. The van der Waals surface area contributed by atoms with E-state index in [0.29, 0.717) is 13.0 Å². The normalized spacial score (nSPS) is 14.0. The minimum Gasteiger partial charge on any atom is -0.337 e. The molecule has 5 heteroatoms. The topological polar surface area (TPSA) is 61.9 Å². The fourth-order valence-corrected chi connectivity index (χ4v) is 2.85. The van der Waals surface area contributed by atoms with E-state index in [1.807, 2.05) is 42.2 Å². The van der Waals surface area contributed by atoms with Crippen molar-refractivity contribution in [3.8, 4) is 11.5 Å². The number of imidazole rings is 1. The number of anilines is 1. The second-order valence-electron chi connectivity index (χ2n) is 5.11. The van der Waals surface area contributed by atoms with Crippen molar-refractivity contribution in [1.82, 2.24) is 15.0 Å². The zero-order valence-electron chi connectivity index (χ0n) is 11.6. The zero-order valence-corrected chi connectivity index (χ0v) is 11.6. The fraction of sp³-hybridized carbons (Fsp3) is 0.188. The van der Waals surface area contributed by atoms with Gasteiger partial charge >= 0.3 is 0 Å². The number of likely N-dealkylation sites (N-methyl/N-ethyl adjacent to an activating group) is 1. The van der Waals surface area contributed by atoms with E-state index in [2.05, 4.69) is 15.0 Å². The van der Waals surface area contributed by atoms with Crippen molar-refractivity contribution < 1.29 is 4.79 Å². The van der Waals surface area contributed by atoms with Gasteiger partial charge in [0.15, 0.2) is 5.82 Å². The second-order valence-corrected chi connectivity index (χ2v) is 5.11.